The van der Waals surface area contributed by atoms with E-state index in [9.17, 15) is 48.3 Å². The number of hydrogen-bond acceptors (Lipinski definition) is 12. The van der Waals surface area contributed by atoms with Crippen molar-refractivity contribution in [3.8, 4) is 0 Å². The molecule has 0 bridgehead atoms. The van der Waals surface area contributed by atoms with E-state index in [1.54, 1.807) is 91.0 Å². The van der Waals surface area contributed by atoms with Crippen LogP contribution in [0.15, 0.2) is 121 Å². The van der Waals surface area contributed by atoms with Gasteiger partial charge in [0.1, 0.15) is 24.2 Å². The highest BCUT2D eigenvalue weighted by atomic mass is 16.4. The van der Waals surface area contributed by atoms with Crippen molar-refractivity contribution in [1.82, 2.24) is 37.2 Å². The average molecular weight is 961 g/mol. The van der Waals surface area contributed by atoms with Gasteiger partial charge in [-0.2, -0.15) is 0 Å². The van der Waals surface area contributed by atoms with Gasteiger partial charge in [0.05, 0.1) is 25.2 Å². The van der Waals surface area contributed by atoms with Gasteiger partial charge in [0, 0.05) is 31.7 Å². The Bertz CT molecular complexity index is 2360. The summed E-state index contributed by atoms with van der Waals surface area (Å²) in [4.78, 5) is 119. The summed E-state index contributed by atoms with van der Waals surface area (Å²) in [6.07, 6.45) is 0.361. The van der Waals surface area contributed by atoms with E-state index in [-0.39, 0.29) is 32.1 Å². The van der Waals surface area contributed by atoms with Gasteiger partial charge in [0.15, 0.2) is 5.78 Å². The Balaban J connectivity index is 1.48. The van der Waals surface area contributed by atoms with Crippen molar-refractivity contribution in [2.24, 2.45) is 11.5 Å². The lowest BCUT2D eigenvalue weighted by Crippen LogP contribution is -2.58. The zero-order valence-electron chi connectivity index (χ0n) is 39.0. The summed E-state index contributed by atoms with van der Waals surface area (Å²) in [6, 6.07) is 27.9. The summed E-state index contributed by atoms with van der Waals surface area (Å²) < 4.78 is 0. The first-order valence-electron chi connectivity index (χ1n) is 23.0. The molecule has 0 aliphatic rings. The number of benzene rings is 4. The number of aliphatic carboxylic acids is 1. The Hall–Kier alpha value is -7.77. The van der Waals surface area contributed by atoms with E-state index in [0.29, 0.717) is 36.1 Å². The third-order valence-corrected chi connectivity index (χ3v) is 11.0. The first-order valence-corrected chi connectivity index (χ1v) is 23.0. The number of Topliss-reactive ketones (excluding diaryl/α,β-unsaturated/α-hetero) is 1. The Morgan fingerprint density at radius 2 is 0.814 bits per heavy atom. The number of ketones is 1. The second kappa shape index (κ2) is 29.2. The molecule has 0 saturated carbocycles. The minimum atomic E-state index is -1.57. The van der Waals surface area contributed by atoms with Crippen LogP contribution in [0.5, 0.6) is 0 Å². The van der Waals surface area contributed by atoms with Crippen LogP contribution in [0.1, 0.15) is 54.9 Å². The second-order valence-corrected chi connectivity index (χ2v) is 16.7. The highest BCUT2D eigenvalue weighted by Gasteiger charge is 2.31. The third-order valence-electron chi connectivity index (χ3n) is 11.0. The number of carboxylic acid groups (broad SMARTS) is 1. The molecule has 4 unspecified atom stereocenters. The van der Waals surface area contributed by atoms with Gasteiger partial charge in [0.2, 0.25) is 41.4 Å². The molecule has 0 aromatic heterocycles. The number of nitrogens with two attached hydrogens (primary N) is 2. The van der Waals surface area contributed by atoms with Gasteiger partial charge in [-0.05, 0) is 61.4 Å². The molecule has 0 heterocycles. The molecule has 4 aromatic carbocycles. The predicted octanol–water partition coefficient (Wildman–Crippen LogP) is -1.20. The molecule has 0 fully saturated rings. The second-order valence-electron chi connectivity index (χ2n) is 16.7. The summed E-state index contributed by atoms with van der Waals surface area (Å²) in [5.41, 5.74) is 14.7. The fraction of sp³-hybridized carbons (Fsp3) is 0.353. The summed E-state index contributed by atoms with van der Waals surface area (Å²) in [7, 11) is 0. The monoisotopic (exact) mass is 960 g/mol. The molecule has 0 saturated heterocycles. The van der Waals surface area contributed by atoms with Crippen LogP contribution in [0.25, 0.3) is 0 Å². The molecule has 70 heavy (non-hydrogen) atoms. The number of hydrogen-bond donors (Lipinski definition) is 9. The summed E-state index contributed by atoms with van der Waals surface area (Å²) >= 11 is 0. The van der Waals surface area contributed by atoms with Gasteiger partial charge in [-0.15, -0.1) is 0 Å². The van der Waals surface area contributed by atoms with E-state index in [4.69, 9.17) is 11.5 Å². The maximum Gasteiger partial charge on any atom is 0.243 e. The van der Waals surface area contributed by atoms with Gasteiger partial charge >= 0.3 is 0 Å². The van der Waals surface area contributed by atoms with Crippen LogP contribution < -0.4 is 53.8 Å². The average Bonchev–Trinajstić information content (AvgIpc) is 3.34. The van der Waals surface area contributed by atoms with Crippen molar-refractivity contribution in [3.63, 3.8) is 0 Å². The number of carbonyl (C=O) groups is 9. The lowest BCUT2D eigenvalue weighted by atomic mass is 10.0. The van der Waals surface area contributed by atoms with E-state index in [2.05, 4.69) is 37.2 Å². The number of nitrogens with one attached hydrogen (secondary N) is 7. The predicted molar refractivity (Wildman–Crippen MR) is 257 cm³/mol. The molecule has 7 amide bonds. The molecule has 19 nitrogen and oxygen atoms in total. The maximum atomic E-state index is 14.2. The molecule has 11 N–H and O–H groups in total. The minimum Gasteiger partial charge on any atom is -0.550 e. The van der Waals surface area contributed by atoms with Crippen molar-refractivity contribution in [2.45, 2.75) is 94.5 Å². The molecule has 4 rings (SSSR count). The van der Waals surface area contributed by atoms with Crippen molar-refractivity contribution in [2.75, 3.05) is 19.6 Å². The lowest BCUT2D eigenvalue weighted by molar-refractivity contribution is -0.306. The van der Waals surface area contributed by atoms with E-state index >= 15 is 0 Å². The molecule has 0 radical (unpaired) electrons. The van der Waals surface area contributed by atoms with Gasteiger partial charge in [-0.1, -0.05) is 121 Å². The minimum absolute atomic E-state index is 0.0170. The molecular weight excluding hydrogens is 899 g/mol. The summed E-state index contributed by atoms with van der Waals surface area (Å²) in [5.74, 6) is -7.38. The van der Waals surface area contributed by atoms with Crippen LogP contribution in [0.4, 0.5) is 0 Å². The Morgan fingerprint density at radius 1 is 0.457 bits per heavy atom. The molecule has 0 spiro atoms. The van der Waals surface area contributed by atoms with Gasteiger partial charge in [-0.3, -0.25) is 38.4 Å². The van der Waals surface area contributed by atoms with Gasteiger partial charge in [0.25, 0.3) is 0 Å². The number of rotatable bonds is 29. The van der Waals surface area contributed by atoms with Crippen LogP contribution in [-0.2, 0) is 68.8 Å². The summed E-state index contributed by atoms with van der Waals surface area (Å²) in [6.45, 7) is 0.252. The first-order chi connectivity index (χ1) is 33.6. The number of unbranched alkanes of at least 4 members (excludes halogenated alkanes) is 1. The van der Waals surface area contributed by atoms with Crippen LogP contribution in [0, 0.1) is 0 Å². The van der Waals surface area contributed by atoms with Crippen molar-refractivity contribution < 1.29 is 48.3 Å². The zero-order chi connectivity index (χ0) is 50.8. The first kappa shape index (κ1) is 54.8. The van der Waals surface area contributed by atoms with E-state index in [1.165, 1.54) is 0 Å². The van der Waals surface area contributed by atoms with E-state index in [1.807, 2.05) is 30.3 Å². The largest absolute Gasteiger partial charge is 0.550 e. The fourth-order valence-electron chi connectivity index (χ4n) is 7.26. The van der Waals surface area contributed by atoms with Gasteiger partial charge in [-0.25, -0.2) is 0 Å². The normalized spacial score (nSPS) is 13.4. The SMILES string of the molecule is CC(=O)[C@H](CC(=O)[O-])NC(=O)C(Cc1ccccc1)NC(=O)CNC(=O)C(Cc1ccccc1)NC(=O)[C@H](CCCCN)NC(=O)C(Cc1ccccc1)NC(=O)CNC(=O)C(N)Cc1ccccc1. The third kappa shape index (κ3) is 19.8. The number of carboxylic acids is 1. The molecule has 6 atom stereocenters. The van der Waals surface area contributed by atoms with Crippen molar-refractivity contribution >= 4 is 53.1 Å². The maximum absolute atomic E-state index is 14.2. The van der Waals surface area contributed by atoms with Gasteiger partial charge < -0.3 is 58.6 Å². The van der Waals surface area contributed by atoms with E-state index < -0.39 is 109 Å². The van der Waals surface area contributed by atoms with Crippen molar-refractivity contribution in [1.29, 1.82) is 0 Å². The highest BCUT2D eigenvalue weighted by molar-refractivity contribution is 5.97. The summed E-state index contributed by atoms with van der Waals surface area (Å²) in [5, 5.41) is 29.4. The van der Waals surface area contributed by atoms with Crippen molar-refractivity contribution in [3.05, 3.63) is 144 Å². The fourth-order valence-corrected chi connectivity index (χ4v) is 7.26. The molecular formula is C51H62N9O10-. The highest BCUT2D eigenvalue weighted by Crippen LogP contribution is 2.10. The molecule has 0 aliphatic heterocycles. The molecule has 0 aliphatic carbocycles. The van der Waals surface area contributed by atoms with Crippen LogP contribution in [0.2, 0.25) is 0 Å². The topological polar surface area (TPSA) is 313 Å². The molecule has 372 valence electrons. The molecule has 4 aromatic rings. The number of carbonyl (C=O) groups excluding carboxylic acids is 9. The smallest absolute Gasteiger partial charge is 0.243 e. The Morgan fingerprint density at radius 3 is 1.21 bits per heavy atom. The lowest BCUT2D eigenvalue weighted by Gasteiger charge is -2.26. The standard InChI is InChI=1S/C51H63N9O10/c1-33(61)40(30-46(64)65)59-51(70)43(29-37-22-12-5-13-23-37)57-45(63)32-55-48(67)41(27-35-18-8-3-9-19-35)60-49(68)39(24-14-15-25-52)58-50(69)42(28-36-20-10-4-11-21-36)56-44(62)31-54-47(66)38(53)26-34-16-6-2-7-17-34/h2-13,16-23,38-43H,14-15,24-32,52-53H2,1H3,(H,54,66)(H,55,67)(H,56,62)(H,57,63)(H,58,69)(H,59,70)(H,60,68)(H,64,65)/p-1/t38?,39-,40-,41?,42?,43?/m0/s1. The van der Waals surface area contributed by atoms with E-state index in [0.717, 1.165) is 12.5 Å². The number of amides is 7. The Labute approximate surface area is 406 Å². The van der Waals surface area contributed by atoms with Crippen LogP contribution in [0.3, 0.4) is 0 Å². The zero-order valence-corrected chi connectivity index (χ0v) is 39.0. The quantitative estimate of drug-likeness (QED) is 0.0290. The van der Waals surface area contributed by atoms with Crippen LogP contribution >= 0.6 is 0 Å². The van der Waals surface area contributed by atoms with Crippen LogP contribution in [-0.4, -0.2) is 109 Å². The molecule has 19 heteroatoms. The Kier molecular flexibility index (Phi) is 22.9.